The van der Waals surface area contributed by atoms with Gasteiger partial charge in [0.1, 0.15) is 5.82 Å². The zero-order valence-electron chi connectivity index (χ0n) is 12.4. The average molecular weight is 295 g/mol. The summed E-state index contributed by atoms with van der Waals surface area (Å²) >= 11 is 0. The van der Waals surface area contributed by atoms with E-state index in [4.69, 9.17) is 4.98 Å². The number of imidazole rings is 1. The Bertz CT molecular complexity index is 492. The molecule has 0 radical (unpaired) electrons. The highest BCUT2D eigenvalue weighted by Crippen LogP contribution is 2.33. The Balaban J connectivity index is 1.89. The second-order valence-corrected chi connectivity index (χ2v) is 7.61. The number of hydrogen-bond donors (Lipinski definition) is 1. The molecule has 1 aromatic heterocycles. The predicted molar refractivity (Wildman–Crippen MR) is 82.4 cm³/mol. The zero-order chi connectivity index (χ0) is 13.9. The second kappa shape index (κ2) is 6.39. The maximum Gasteiger partial charge on any atom is 0.112 e. The molecular weight excluding hydrogens is 270 g/mol. The van der Waals surface area contributed by atoms with Crippen molar-refractivity contribution in [1.82, 2.24) is 14.9 Å². The summed E-state index contributed by atoms with van der Waals surface area (Å²) in [7, 11) is -0.728. The molecule has 112 valence electrons. The van der Waals surface area contributed by atoms with E-state index in [1.165, 1.54) is 49.3 Å². The van der Waals surface area contributed by atoms with Gasteiger partial charge in [-0.05, 0) is 12.8 Å². The highest BCUT2D eigenvalue weighted by Gasteiger charge is 2.26. The lowest BCUT2D eigenvalue weighted by Gasteiger charge is -2.23. The smallest absolute Gasteiger partial charge is 0.112 e. The molecule has 1 aliphatic carbocycles. The van der Waals surface area contributed by atoms with E-state index in [1.807, 2.05) is 0 Å². The number of fused-ring (bicyclic) bond motifs is 1. The van der Waals surface area contributed by atoms with Crippen molar-refractivity contribution in [3.63, 3.8) is 0 Å². The van der Waals surface area contributed by atoms with E-state index in [-0.39, 0.29) is 0 Å². The molecule has 0 spiro atoms. The van der Waals surface area contributed by atoms with Crippen molar-refractivity contribution < 1.29 is 4.21 Å². The first kappa shape index (κ1) is 14.3. The molecule has 5 heteroatoms. The molecule has 20 heavy (non-hydrogen) atoms. The summed E-state index contributed by atoms with van der Waals surface area (Å²) in [5.74, 6) is 2.65. The molecule has 1 saturated carbocycles. The molecule has 0 aromatic carbocycles. The monoisotopic (exact) mass is 295 g/mol. The quantitative estimate of drug-likeness (QED) is 0.923. The van der Waals surface area contributed by atoms with Gasteiger partial charge in [0.2, 0.25) is 0 Å². The van der Waals surface area contributed by atoms with Crippen LogP contribution in [0.15, 0.2) is 0 Å². The Morgan fingerprint density at radius 2 is 2.15 bits per heavy atom. The van der Waals surface area contributed by atoms with E-state index in [9.17, 15) is 4.21 Å². The normalized spacial score (nSPS) is 21.6. The fraction of sp³-hybridized carbons (Fsp3) is 0.800. The van der Waals surface area contributed by atoms with Crippen molar-refractivity contribution in [3.05, 3.63) is 17.2 Å². The molecule has 0 bridgehead atoms. The van der Waals surface area contributed by atoms with Crippen molar-refractivity contribution in [1.29, 1.82) is 0 Å². The highest BCUT2D eigenvalue weighted by molar-refractivity contribution is 7.84. The van der Waals surface area contributed by atoms with Gasteiger partial charge in [0.05, 0.1) is 5.69 Å². The number of rotatable bonds is 4. The Kier molecular flexibility index (Phi) is 4.56. The summed E-state index contributed by atoms with van der Waals surface area (Å²) in [5, 5.41) is 3.41. The van der Waals surface area contributed by atoms with Crippen molar-refractivity contribution in [2.75, 3.05) is 18.6 Å². The van der Waals surface area contributed by atoms with Crippen LogP contribution in [0.2, 0.25) is 0 Å². The van der Waals surface area contributed by atoms with Crippen molar-refractivity contribution in [2.24, 2.45) is 0 Å². The Hall–Kier alpha value is -0.680. The van der Waals surface area contributed by atoms with Crippen LogP contribution in [0.3, 0.4) is 0 Å². The number of nitrogens with zero attached hydrogens (tertiary/aromatic N) is 2. The highest BCUT2D eigenvalue weighted by atomic mass is 32.2. The molecule has 1 fully saturated rings. The number of hydrogen-bond acceptors (Lipinski definition) is 3. The molecule has 4 nitrogen and oxygen atoms in total. The second-order valence-electron chi connectivity index (χ2n) is 6.05. The van der Waals surface area contributed by atoms with Gasteiger partial charge in [0.25, 0.3) is 0 Å². The van der Waals surface area contributed by atoms with E-state index in [1.54, 1.807) is 6.26 Å². The van der Waals surface area contributed by atoms with Gasteiger partial charge in [0, 0.05) is 60.5 Å². The Morgan fingerprint density at radius 3 is 2.90 bits per heavy atom. The minimum absolute atomic E-state index is 0.625. The molecule has 1 unspecified atom stereocenters. The molecule has 2 aliphatic rings. The largest absolute Gasteiger partial charge is 0.331 e. The van der Waals surface area contributed by atoms with E-state index >= 15 is 0 Å². The minimum atomic E-state index is -0.728. The summed E-state index contributed by atoms with van der Waals surface area (Å²) in [6.07, 6.45) is 9.45. The fourth-order valence-electron chi connectivity index (χ4n) is 3.53. The van der Waals surface area contributed by atoms with Gasteiger partial charge in [-0.25, -0.2) is 4.98 Å². The summed E-state index contributed by atoms with van der Waals surface area (Å²) < 4.78 is 13.9. The van der Waals surface area contributed by atoms with Crippen LogP contribution in [-0.2, 0) is 30.3 Å². The van der Waals surface area contributed by atoms with Crippen molar-refractivity contribution in [2.45, 2.75) is 57.5 Å². The first-order valence-corrected chi connectivity index (χ1v) is 9.57. The fourth-order valence-corrected chi connectivity index (χ4v) is 3.97. The van der Waals surface area contributed by atoms with Crippen LogP contribution in [0.4, 0.5) is 0 Å². The Morgan fingerprint density at radius 1 is 1.35 bits per heavy atom. The molecule has 2 heterocycles. The van der Waals surface area contributed by atoms with Crippen LogP contribution >= 0.6 is 0 Å². The van der Waals surface area contributed by atoms with Gasteiger partial charge < -0.3 is 9.88 Å². The summed E-state index contributed by atoms with van der Waals surface area (Å²) in [4.78, 5) is 4.95. The third-order valence-corrected chi connectivity index (χ3v) is 5.35. The van der Waals surface area contributed by atoms with E-state index < -0.39 is 10.8 Å². The van der Waals surface area contributed by atoms with Gasteiger partial charge in [-0.3, -0.25) is 4.21 Å². The first-order chi connectivity index (χ1) is 9.75. The lowest BCUT2D eigenvalue weighted by Crippen LogP contribution is -2.25. The Labute approximate surface area is 123 Å². The van der Waals surface area contributed by atoms with Crippen molar-refractivity contribution >= 4 is 10.8 Å². The maximum absolute atomic E-state index is 11.5. The van der Waals surface area contributed by atoms with Crippen LogP contribution in [0.1, 0.15) is 55.2 Å². The molecule has 1 aromatic rings. The van der Waals surface area contributed by atoms with Crippen LogP contribution in [0, 0.1) is 0 Å². The summed E-state index contributed by atoms with van der Waals surface area (Å²) in [6, 6.07) is 0. The lowest BCUT2D eigenvalue weighted by molar-refractivity contribution is 0.415. The number of nitrogens with one attached hydrogen (secondary N) is 1. The molecule has 1 N–H and O–H groups in total. The van der Waals surface area contributed by atoms with E-state index in [0.717, 1.165) is 31.8 Å². The number of aromatic nitrogens is 2. The maximum atomic E-state index is 11.5. The molecule has 3 rings (SSSR count). The average Bonchev–Trinajstić information content (AvgIpc) is 2.84. The van der Waals surface area contributed by atoms with Crippen LogP contribution in [0.5, 0.6) is 0 Å². The van der Waals surface area contributed by atoms with Gasteiger partial charge >= 0.3 is 0 Å². The van der Waals surface area contributed by atoms with Crippen molar-refractivity contribution in [3.8, 4) is 0 Å². The molecule has 1 aliphatic heterocycles. The molecule has 0 saturated heterocycles. The predicted octanol–water partition coefficient (Wildman–Crippen LogP) is 1.95. The standard InChI is InChI=1S/C15H25N3OS/c1-20(19)10-9-18-14-7-8-16-11-13(14)17-15(18)12-5-3-2-4-6-12/h12,16H,2-11H2,1H3. The van der Waals surface area contributed by atoms with E-state index in [0.29, 0.717) is 5.92 Å². The molecule has 0 amide bonds. The third-order valence-electron chi connectivity index (χ3n) is 4.59. The first-order valence-electron chi connectivity index (χ1n) is 7.84. The minimum Gasteiger partial charge on any atom is -0.331 e. The van der Waals surface area contributed by atoms with Gasteiger partial charge in [-0.2, -0.15) is 0 Å². The van der Waals surface area contributed by atoms with Crippen LogP contribution in [0.25, 0.3) is 0 Å². The summed E-state index contributed by atoms with van der Waals surface area (Å²) in [5.41, 5.74) is 2.63. The SMILES string of the molecule is CS(=O)CCn1c(C2CCCCC2)nc2c1CCNC2. The zero-order valence-corrected chi connectivity index (χ0v) is 13.2. The van der Waals surface area contributed by atoms with Crippen LogP contribution in [-0.4, -0.2) is 32.3 Å². The van der Waals surface area contributed by atoms with Gasteiger partial charge in [0.15, 0.2) is 0 Å². The molecule has 1 atom stereocenters. The lowest BCUT2D eigenvalue weighted by atomic mass is 9.88. The van der Waals surface area contributed by atoms with E-state index in [2.05, 4.69) is 9.88 Å². The van der Waals surface area contributed by atoms with Crippen LogP contribution < -0.4 is 5.32 Å². The topological polar surface area (TPSA) is 46.9 Å². The molecular formula is C15H25N3OS. The summed E-state index contributed by atoms with van der Waals surface area (Å²) in [6.45, 7) is 2.81. The van der Waals surface area contributed by atoms with Gasteiger partial charge in [-0.1, -0.05) is 19.3 Å². The van der Waals surface area contributed by atoms with Gasteiger partial charge in [-0.15, -0.1) is 0 Å². The third kappa shape index (κ3) is 2.98.